The Balaban J connectivity index is 1.90. The summed E-state index contributed by atoms with van der Waals surface area (Å²) in [5.41, 5.74) is -1.01. The van der Waals surface area contributed by atoms with Gasteiger partial charge < -0.3 is 19.7 Å². The quantitative estimate of drug-likeness (QED) is 0.596. The molecule has 1 saturated heterocycles. The SMILES string of the molecule is CC(C)(C)OC(=O)Nc1nc2c(ncn2[C@H]2C[C@H](O)[C@@H](CO)O2)c(=O)[nH]1. The monoisotopic (exact) mass is 367 g/mol. The van der Waals surface area contributed by atoms with Crippen molar-refractivity contribution >= 4 is 23.2 Å². The van der Waals surface area contributed by atoms with E-state index in [-0.39, 0.29) is 30.1 Å². The summed E-state index contributed by atoms with van der Waals surface area (Å²) in [6, 6.07) is 0. The van der Waals surface area contributed by atoms with Gasteiger partial charge in [0.25, 0.3) is 5.56 Å². The van der Waals surface area contributed by atoms with E-state index in [1.54, 1.807) is 20.8 Å². The van der Waals surface area contributed by atoms with Crippen LogP contribution in [0.1, 0.15) is 33.4 Å². The number of nitrogens with one attached hydrogen (secondary N) is 2. The maximum atomic E-state index is 12.2. The van der Waals surface area contributed by atoms with Gasteiger partial charge in [0.15, 0.2) is 11.2 Å². The number of rotatable bonds is 3. The molecule has 0 saturated carbocycles. The minimum absolute atomic E-state index is 0.0604. The third kappa shape index (κ3) is 3.69. The molecule has 26 heavy (non-hydrogen) atoms. The van der Waals surface area contributed by atoms with Gasteiger partial charge in [0.1, 0.15) is 17.9 Å². The van der Waals surface area contributed by atoms with Crippen LogP contribution in [0.25, 0.3) is 11.2 Å². The molecule has 0 spiro atoms. The van der Waals surface area contributed by atoms with Crippen LogP contribution >= 0.6 is 0 Å². The summed E-state index contributed by atoms with van der Waals surface area (Å²) in [7, 11) is 0. The number of aromatic amines is 1. The zero-order valence-corrected chi connectivity index (χ0v) is 14.6. The van der Waals surface area contributed by atoms with Gasteiger partial charge in [-0.1, -0.05) is 0 Å². The fraction of sp³-hybridized carbons (Fsp3) is 0.600. The summed E-state index contributed by atoms with van der Waals surface area (Å²) in [6.07, 6.45) is -1.40. The number of hydrogen-bond acceptors (Lipinski definition) is 8. The molecular formula is C15H21N5O6. The van der Waals surface area contributed by atoms with Gasteiger partial charge in [0, 0.05) is 6.42 Å². The van der Waals surface area contributed by atoms with Crippen molar-refractivity contribution in [3.05, 3.63) is 16.7 Å². The molecule has 0 aromatic carbocycles. The zero-order chi connectivity index (χ0) is 19.1. The van der Waals surface area contributed by atoms with Crippen LogP contribution in [0.4, 0.5) is 10.7 Å². The van der Waals surface area contributed by atoms with Gasteiger partial charge in [-0.05, 0) is 20.8 Å². The predicted molar refractivity (Wildman–Crippen MR) is 89.6 cm³/mol. The van der Waals surface area contributed by atoms with E-state index in [0.29, 0.717) is 0 Å². The average molecular weight is 367 g/mol. The second-order valence-corrected chi connectivity index (χ2v) is 6.98. The zero-order valence-electron chi connectivity index (χ0n) is 14.6. The highest BCUT2D eigenvalue weighted by Crippen LogP contribution is 2.30. The minimum Gasteiger partial charge on any atom is -0.444 e. The van der Waals surface area contributed by atoms with E-state index in [2.05, 4.69) is 20.3 Å². The Morgan fingerprint density at radius 3 is 2.88 bits per heavy atom. The number of anilines is 1. The Morgan fingerprint density at radius 1 is 1.54 bits per heavy atom. The Labute approximate surface area is 148 Å². The van der Waals surface area contributed by atoms with E-state index < -0.39 is 35.7 Å². The highest BCUT2D eigenvalue weighted by molar-refractivity contribution is 5.83. The lowest BCUT2D eigenvalue weighted by atomic mass is 10.2. The summed E-state index contributed by atoms with van der Waals surface area (Å²) in [5, 5.41) is 21.5. The molecule has 1 aliphatic heterocycles. The first-order valence-corrected chi connectivity index (χ1v) is 8.09. The smallest absolute Gasteiger partial charge is 0.414 e. The van der Waals surface area contributed by atoms with Crippen molar-refractivity contribution in [2.24, 2.45) is 0 Å². The lowest BCUT2D eigenvalue weighted by Gasteiger charge is -2.19. The minimum atomic E-state index is -0.844. The van der Waals surface area contributed by atoms with Crippen molar-refractivity contribution in [2.75, 3.05) is 11.9 Å². The number of ether oxygens (including phenoxy) is 2. The first-order valence-electron chi connectivity index (χ1n) is 8.09. The fourth-order valence-corrected chi connectivity index (χ4v) is 2.65. The molecule has 3 heterocycles. The summed E-state index contributed by atoms with van der Waals surface area (Å²) >= 11 is 0. The second-order valence-electron chi connectivity index (χ2n) is 6.98. The van der Waals surface area contributed by atoms with Crippen LogP contribution in [0.5, 0.6) is 0 Å². The molecule has 3 atom stereocenters. The van der Waals surface area contributed by atoms with Gasteiger partial charge in [-0.15, -0.1) is 0 Å². The van der Waals surface area contributed by atoms with Crippen molar-refractivity contribution in [3.8, 4) is 0 Å². The number of aromatic nitrogens is 4. The molecule has 2 aromatic rings. The van der Waals surface area contributed by atoms with Crippen molar-refractivity contribution in [1.29, 1.82) is 0 Å². The lowest BCUT2D eigenvalue weighted by Crippen LogP contribution is -2.28. The van der Waals surface area contributed by atoms with E-state index in [4.69, 9.17) is 9.47 Å². The molecule has 2 aromatic heterocycles. The molecule has 1 amide bonds. The van der Waals surface area contributed by atoms with Gasteiger partial charge in [-0.3, -0.25) is 19.7 Å². The largest absolute Gasteiger partial charge is 0.444 e. The van der Waals surface area contributed by atoms with Crippen molar-refractivity contribution in [2.45, 2.75) is 51.2 Å². The van der Waals surface area contributed by atoms with Gasteiger partial charge in [0.05, 0.1) is 19.0 Å². The van der Waals surface area contributed by atoms with Crippen LogP contribution in [0, 0.1) is 0 Å². The van der Waals surface area contributed by atoms with Gasteiger partial charge >= 0.3 is 6.09 Å². The molecule has 1 fully saturated rings. The number of carbonyl (C=O) groups excluding carboxylic acids is 1. The van der Waals surface area contributed by atoms with E-state index in [1.807, 2.05) is 0 Å². The lowest BCUT2D eigenvalue weighted by molar-refractivity contribution is -0.0432. The summed E-state index contributed by atoms with van der Waals surface area (Å²) in [5.74, 6) is -0.101. The van der Waals surface area contributed by atoms with E-state index in [0.717, 1.165) is 0 Å². The number of amides is 1. The first-order chi connectivity index (χ1) is 12.2. The molecule has 0 aliphatic carbocycles. The number of fused-ring (bicyclic) bond motifs is 1. The first kappa shape index (κ1) is 18.3. The van der Waals surface area contributed by atoms with Crippen LogP contribution < -0.4 is 10.9 Å². The van der Waals surface area contributed by atoms with Crippen LogP contribution in [0.2, 0.25) is 0 Å². The third-order valence-electron chi connectivity index (χ3n) is 3.75. The van der Waals surface area contributed by atoms with Crippen LogP contribution in [0.3, 0.4) is 0 Å². The number of imidazole rings is 1. The molecule has 3 rings (SSSR count). The van der Waals surface area contributed by atoms with Crippen LogP contribution in [-0.2, 0) is 9.47 Å². The van der Waals surface area contributed by atoms with Crippen LogP contribution in [-0.4, -0.2) is 60.2 Å². The van der Waals surface area contributed by atoms with Crippen molar-refractivity contribution in [3.63, 3.8) is 0 Å². The Kier molecular flexibility index (Phi) is 4.69. The highest BCUT2D eigenvalue weighted by Gasteiger charge is 2.35. The molecule has 1 aliphatic rings. The number of carbonyl (C=O) groups is 1. The van der Waals surface area contributed by atoms with Crippen LogP contribution in [0.15, 0.2) is 11.1 Å². The molecule has 0 bridgehead atoms. The number of nitrogens with zero attached hydrogens (tertiary/aromatic N) is 3. The van der Waals surface area contributed by atoms with Crippen molar-refractivity contribution in [1.82, 2.24) is 19.5 Å². The van der Waals surface area contributed by atoms with Gasteiger partial charge in [-0.2, -0.15) is 4.98 Å². The van der Waals surface area contributed by atoms with Gasteiger partial charge in [0.2, 0.25) is 5.95 Å². The van der Waals surface area contributed by atoms with E-state index in [9.17, 15) is 19.8 Å². The van der Waals surface area contributed by atoms with E-state index >= 15 is 0 Å². The second kappa shape index (κ2) is 6.67. The Bertz CT molecular complexity index is 870. The molecule has 0 radical (unpaired) electrons. The normalized spacial score (nSPS) is 23.3. The van der Waals surface area contributed by atoms with E-state index in [1.165, 1.54) is 10.9 Å². The number of hydrogen-bond donors (Lipinski definition) is 4. The molecule has 11 nitrogen and oxygen atoms in total. The van der Waals surface area contributed by atoms with Crippen molar-refractivity contribution < 1.29 is 24.5 Å². The summed E-state index contributed by atoms with van der Waals surface area (Å²) in [6.45, 7) is 4.80. The Morgan fingerprint density at radius 2 is 2.27 bits per heavy atom. The molecule has 142 valence electrons. The maximum Gasteiger partial charge on any atom is 0.414 e. The number of H-pyrrole nitrogens is 1. The third-order valence-corrected chi connectivity index (χ3v) is 3.75. The molecule has 11 heteroatoms. The predicted octanol–water partition coefficient (Wildman–Crippen LogP) is 0.107. The topological polar surface area (TPSA) is 152 Å². The average Bonchev–Trinajstić information content (AvgIpc) is 3.08. The van der Waals surface area contributed by atoms with Gasteiger partial charge in [-0.25, -0.2) is 9.78 Å². The summed E-state index contributed by atoms with van der Waals surface area (Å²) in [4.78, 5) is 34.7. The maximum absolute atomic E-state index is 12.2. The highest BCUT2D eigenvalue weighted by atomic mass is 16.6. The molecule has 0 unspecified atom stereocenters. The number of aliphatic hydroxyl groups is 2. The fourth-order valence-electron chi connectivity index (χ4n) is 2.65. The molecular weight excluding hydrogens is 346 g/mol. The Hall–Kier alpha value is -2.50. The summed E-state index contributed by atoms with van der Waals surface area (Å²) < 4.78 is 12.2. The standard InChI is InChI=1S/C15H21N5O6/c1-15(2,3)26-14(24)19-13-17-11-10(12(23)18-13)16-6-20(11)9-4-7(22)8(5-21)25-9/h6-9,21-22H,4-5H2,1-3H3,(H2,17,18,19,23,24)/t7-,8+,9+/m0/s1. The number of aliphatic hydroxyl groups excluding tert-OH is 2. The molecule has 4 N–H and O–H groups in total.